The molecular weight excluding hydrogens is 184 g/mol. The van der Waals surface area contributed by atoms with Gasteiger partial charge >= 0.3 is 0 Å². The second-order valence-corrected chi connectivity index (χ2v) is 5.24. The van der Waals surface area contributed by atoms with E-state index in [0.717, 1.165) is 0 Å². The van der Waals surface area contributed by atoms with Crippen molar-refractivity contribution in [1.29, 1.82) is 0 Å². The molecule has 2 aliphatic heterocycles. The monoisotopic (exact) mass is 212 g/mol. The van der Waals surface area contributed by atoms with E-state index in [1.54, 1.807) is 0 Å². The lowest BCUT2D eigenvalue weighted by atomic mass is 9.78. The number of nitrogens with zero attached hydrogens (tertiary/aromatic N) is 1. The second-order valence-electron chi connectivity index (χ2n) is 5.24. The Kier molecular flexibility index (Phi) is 5.62. The maximum Gasteiger partial charge on any atom is 0.00364 e. The fourth-order valence-electron chi connectivity index (χ4n) is 2.52. The molecule has 1 spiro atoms. The summed E-state index contributed by atoms with van der Waals surface area (Å²) < 4.78 is 0. The predicted octanol–water partition coefficient (Wildman–Crippen LogP) is 2.50. The van der Waals surface area contributed by atoms with Gasteiger partial charge in [-0.15, -0.1) is 0 Å². The predicted molar refractivity (Wildman–Crippen MR) is 67.2 cm³/mol. The van der Waals surface area contributed by atoms with Crippen LogP contribution in [-0.4, -0.2) is 38.1 Å². The van der Waals surface area contributed by atoms with Crippen LogP contribution in [0.25, 0.3) is 0 Å². The van der Waals surface area contributed by atoms with Crippen molar-refractivity contribution in [3.63, 3.8) is 0 Å². The molecule has 2 heteroatoms. The summed E-state index contributed by atoms with van der Waals surface area (Å²) >= 11 is 0. The van der Waals surface area contributed by atoms with Crippen LogP contribution in [0.2, 0.25) is 0 Å². The quantitative estimate of drug-likeness (QED) is 0.718. The normalized spacial score (nSPS) is 25.0. The van der Waals surface area contributed by atoms with Crippen molar-refractivity contribution in [2.24, 2.45) is 5.41 Å². The fourth-order valence-corrected chi connectivity index (χ4v) is 2.52. The third-order valence-corrected chi connectivity index (χ3v) is 3.79. The molecule has 0 radical (unpaired) electrons. The van der Waals surface area contributed by atoms with Crippen molar-refractivity contribution in [3.05, 3.63) is 0 Å². The lowest BCUT2D eigenvalue weighted by Crippen LogP contribution is -2.38. The molecule has 15 heavy (non-hydrogen) atoms. The van der Waals surface area contributed by atoms with E-state index >= 15 is 0 Å². The van der Waals surface area contributed by atoms with Crippen LogP contribution in [0, 0.1) is 5.41 Å². The molecule has 2 aliphatic rings. The molecule has 0 amide bonds. The van der Waals surface area contributed by atoms with Gasteiger partial charge in [0.1, 0.15) is 0 Å². The Morgan fingerprint density at radius 1 is 1.07 bits per heavy atom. The SMILES string of the molecule is CCCC.CN1CCC2(CCNCC2)C1. The van der Waals surface area contributed by atoms with Gasteiger partial charge in [-0.25, -0.2) is 0 Å². The third kappa shape index (κ3) is 4.12. The van der Waals surface area contributed by atoms with Crippen LogP contribution >= 0.6 is 0 Å². The summed E-state index contributed by atoms with van der Waals surface area (Å²) in [6.07, 6.45) is 6.87. The van der Waals surface area contributed by atoms with E-state index in [1.807, 2.05) is 0 Å². The third-order valence-electron chi connectivity index (χ3n) is 3.79. The van der Waals surface area contributed by atoms with Crippen LogP contribution in [0.4, 0.5) is 0 Å². The zero-order chi connectivity index (χ0) is 11.1. The molecule has 0 atom stereocenters. The van der Waals surface area contributed by atoms with Gasteiger partial charge in [0.2, 0.25) is 0 Å². The largest absolute Gasteiger partial charge is 0.317 e. The Hall–Kier alpha value is -0.0800. The number of likely N-dealkylation sites (tertiary alicyclic amines) is 1. The van der Waals surface area contributed by atoms with Gasteiger partial charge in [-0.05, 0) is 51.4 Å². The summed E-state index contributed by atoms with van der Waals surface area (Å²) in [7, 11) is 2.25. The minimum Gasteiger partial charge on any atom is -0.317 e. The van der Waals surface area contributed by atoms with Crippen molar-refractivity contribution in [2.75, 3.05) is 33.2 Å². The molecule has 0 aromatic carbocycles. The highest BCUT2D eigenvalue weighted by Crippen LogP contribution is 2.37. The molecule has 2 heterocycles. The number of unbranched alkanes of at least 4 members (excludes halogenated alkanes) is 1. The fraction of sp³-hybridized carbons (Fsp3) is 1.00. The highest BCUT2D eigenvalue weighted by atomic mass is 15.1. The van der Waals surface area contributed by atoms with Gasteiger partial charge in [0, 0.05) is 6.54 Å². The molecule has 2 nitrogen and oxygen atoms in total. The van der Waals surface area contributed by atoms with E-state index in [4.69, 9.17) is 0 Å². The Balaban J connectivity index is 0.000000245. The van der Waals surface area contributed by atoms with E-state index in [9.17, 15) is 0 Å². The molecule has 0 aromatic heterocycles. The standard InChI is InChI=1S/C9H18N2.C4H10/c1-11-7-4-9(8-11)2-5-10-6-3-9;1-3-4-2/h10H,2-8H2,1H3;3-4H2,1-2H3. The van der Waals surface area contributed by atoms with Crippen molar-refractivity contribution in [3.8, 4) is 0 Å². The minimum atomic E-state index is 0.708. The zero-order valence-corrected chi connectivity index (χ0v) is 10.8. The Morgan fingerprint density at radius 3 is 2.07 bits per heavy atom. The van der Waals surface area contributed by atoms with Crippen LogP contribution in [0.5, 0.6) is 0 Å². The van der Waals surface area contributed by atoms with Gasteiger partial charge in [-0.1, -0.05) is 26.7 Å². The molecule has 0 unspecified atom stereocenters. The molecule has 2 rings (SSSR count). The smallest absolute Gasteiger partial charge is 0.00364 e. The molecule has 1 N–H and O–H groups in total. The molecule has 2 fully saturated rings. The average Bonchev–Trinajstić information content (AvgIpc) is 2.61. The molecule has 0 aliphatic carbocycles. The second kappa shape index (κ2) is 6.49. The maximum absolute atomic E-state index is 3.43. The van der Waals surface area contributed by atoms with Gasteiger partial charge in [0.15, 0.2) is 0 Å². The summed E-state index contributed by atoms with van der Waals surface area (Å²) in [4.78, 5) is 2.48. The lowest BCUT2D eigenvalue weighted by Gasteiger charge is -2.33. The molecule has 0 saturated carbocycles. The van der Waals surface area contributed by atoms with Crippen molar-refractivity contribution in [1.82, 2.24) is 10.2 Å². The van der Waals surface area contributed by atoms with E-state index in [-0.39, 0.29) is 0 Å². The van der Waals surface area contributed by atoms with Crippen molar-refractivity contribution in [2.45, 2.75) is 46.0 Å². The number of rotatable bonds is 1. The van der Waals surface area contributed by atoms with Crippen molar-refractivity contribution >= 4 is 0 Å². The Morgan fingerprint density at radius 2 is 1.67 bits per heavy atom. The van der Waals surface area contributed by atoms with Crippen LogP contribution in [0.3, 0.4) is 0 Å². The Labute approximate surface area is 95.4 Å². The van der Waals surface area contributed by atoms with Gasteiger partial charge in [-0.3, -0.25) is 0 Å². The number of hydrogen-bond donors (Lipinski definition) is 1. The van der Waals surface area contributed by atoms with Crippen LogP contribution < -0.4 is 5.32 Å². The molecule has 2 saturated heterocycles. The van der Waals surface area contributed by atoms with E-state index in [2.05, 4.69) is 31.1 Å². The summed E-state index contributed by atoms with van der Waals surface area (Å²) in [5, 5.41) is 3.43. The lowest BCUT2D eigenvalue weighted by molar-refractivity contribution is 0.207. The number of nitrogens with one attached hydrogen (secondary N) is 1. The molecule has 0 bridgehead atoms. The summed E-state index contributed by atoms with van der Waals surface area (Å²) in [6.45, 7) is 9.51. The topological polar surface area (TPSA) is 15.3 Å². The van der Waals surface area contributed by atoms with Crippen molar-refractivity contribution < 1.29 is 0 Å². The first-order valence-corrected chi connectivity index (χ1v) is 6.62. The van der Waals surface area contributed by atoms with E-state index < -0.39 is 0 Å². The van der Waals surface area contributed by atoms with Gasteiger partial charge in [-0.2, -0.15) is 0 Å². The van der Waals surface area contributed by atoms with Gasteiger partial charge in [0.05, 0.1) is 0 Å². The molecule has 0 aromatic rings. The molecular formula is C13H28N2. The maximum atomic E-state index is 3.43. The highest BCUT2D eigenvalue weighted by Gasteiger charge is 2.37. The summed E-state index contributed by atoms with van der Waals surface area (Å²) in [6, 6.07) is 0. The highest BCUT2D eigenvalue weighted by molar-refractivity contribution is 4.91. The summed E-state index contributed by atoms with van der Waals surface area (Å²) in [5.41, 5.74) is 0.708. The average molecular weight is 212 g/mol. The molecule has 90 valence electrons. The summed E-state index contributed by atoms with van der Waals surface area (Å²) in [5.74, 6) is 0. The first-order chi connectivity index (χ1) is 7.22. The van der Waals surface area contributed by atoms with E-state index in [0.29, 0.717) is 5.41 Å². The Bertz CT molecular complexity index is 154. The minimum absolute atomic E-state index is 0.708. The van der Waals surface area contributed by atoms with Crippen LogP contribution in [0.1, 0.15) is 46.0 Å². The first kappa shape index (κ1) is 13.0. The van der Waals surface area contributed by atoms with Crippen LogP contribution in [0.15, 0.2) is 0 Å². The number of hydrogen-bond acceptors (Lipinski definition) is 2. The zero-order valence-electron chi connectivity index (χ0n) is 10.8. The first-order valence-electron chi connectivity index (χ1n) is 6.62. The van der Waals surface area contributed by atoms with Gasteiger partial charge in [0.25, 0.3) is 0 Å². The van der Waals surface area contributed by atoms with E-state index in [1.165, 1.54) is 58.3 Å². The van der Waals surface area contributed by atoms with Gasteiger partial charge < -0.3 is 10.2 Å². The number of piperidine rings is 1. The van der Waals surface area contributed by atoms with Crippen LogP contribution in [-0.2, 0) is 0 Å².